The maximum atomic E-state index is 12.8. The monoisotopic (exact) mass is 1700 g/mol. The minimum absolute atomic E-state index is 0. The number of aliphatic hydroxyl groups is 5. The summed E-state index contributed by atoms with van der Waals surface area (Å²) in [6.45, 7) is 35.8. The van der Waals surface area contributed by atoms with Crippen LogP contribution in [0.2, 0.25) is 54.4 Å². The Kier molecular flexibility index (Phi) is 44.3. The van der Waals surface area contributed by atoms with E-state index in [2.05, 4.69) is 124 Å². The number of aliphatic hydroxyl groups excluding tert-OH is 5. The summed E-state index contributed by atoms with van der Waals surface area (Å²) in [6.07, 6.45) is 0. The molecule has 9 aromatic rings. The smallest absolute Gasteiger partial charge is 1.00 e. The Morgan fingerprint density at radius 1 is 0.441 bits per heavy atom. The van der Waals surface area contributed by atoms with Crippen LogP contribution < -0.4 is 45.9 Å². The number of anilines is 1. The SMILES string of the molecule is CC(C)(C)[Si](C)(C)Cl.CC(C)(C)[Si](C)(C)OCC(CN1C(=O)c2ccccc2C1=O)c1ccccc1.CC(C)(C)[Si](C)(C)OCC(CO)c1ccccc1.NCC(CO)c1ccccc1.O=C1NC(=O)c2ccccc21.O=[N+]([O-])c1ccccc1F.O=[N+]([O-])c1ccccc1NCC(CO)c1ccccc1.OCC(CO)c1ccccc1.[H-].[Na+]. The van der Waals surface area contributed by atoms with Gasteiger partial charge in [0.15, 0.2) is 24.0 Å². The van der Waals surface area contributed by atoms with E-state index in [9.17, 15) is 54.0 Å². The minimum atomic E-state index is -1.94. The van der Waals surface area contributed by atoms with Crippen LogP contribution in [0.3, 0.4) is 0 Å². The summed E-state index contributed by atoms with van der Waals surface area (Å²) in [4.78, 5) is 68.6. The van der Waals surface area contributed by atoms with Crippen molar-refractivity contribution in [3.63, 3.8) is 0 Å². The van der Waals surface area contributed by atoms with E-state index in [0.29, 0.717) is 65.8 Å². The van der Waals surface area contributed by atoms with Crippen molar-refractivity contribution in [1.29, 1.82) is 0 Å². The van der Waals surface area contributed by atoms with Gasteiger partial charge in [0.1, 0.15) is 5.69 Å². The average molecular weight is 1700 g/mol. The summed E-state index contributed by atoms with van der Waals surface area (Å²) in [5.41, 5.74) is 12.7. The van der Waals surface area contributed by atoms with Gasteiger partial charge in [-0.15, -0.1) is 0 Å². The van der Waals surface area contributed by atoms with Gasteiger partial charge in [-0.25, -0.2) is 0 Å². The maximum Gasteiger partial charge on any atom is 1.00 e. The van der Waals surface area contributed by atoms with Crippen LogP contribution in [0.5, 0.6) is 0 Å². The Hall–Kier alpha value is -8.59. The zero-order chi connectivity index (χ0) is 87.3. The first-order valence-electron chi connectivity index (χ1n) is 38.9. The van der Waals surface area contributed by atoms with Crippen molar-refractivity contribution in [2.45, 2.75) is 146 Å². The van der Waals surface area contributed by atoms with Crippen molar-refractivity contribution in [3.05, 3.63) is 325 Å². The van der Waals surface area contributed by atoms with Gasteiger partial charge in [-0.1, -0.05) is 276 Å². The number of nitrogens with two attached hydrogens (primary N) is 1. The van der Waals surface area contributed by atoms with Gasteiger partial charge in [0.25, 0.3) is 29.3 Å². The van der Waals surface area contributed by atoms with Crippen molar-refractivity contribution in [2.24, 2.45) is 5.73 Å². The first kappa shape index (κ1) is 104. The molecule has 0 aliphatic carbocycles. The molecule has 0 radical (unpaired) electrons. The molecule has 2 aliphatic heterocycles. The van der Waals surface area contributed by atoms with Crippen LogP contribution in [-0.2, 0) is 8.85 Å². The predicted molar refractivity (Wildman–Crippen MR) is 476 cm³/mol. The number of halogens is 2. The van der Waals surface area contributed by atoms with E-state index in [-0.39, 0.29) is 133 Å². The molecule has 0 aromatic heterocycles. The molecular formula is C91H121ClFN6NaO15Si3. The molecule has 118 heavy (non-hydrogen) atoms. The second-order valence-corrected chi connectivity index (χ2v) is 49.4. The van der Waals surface area contributed by atoms with Crippen molar-refractivity contribution in [2.75, 3.05) is 71.2 Å². The molecule has 2 heterocycles. The van der Waals surface area contributed by atoms with Gasteiger partial charge in [-0.2, -0.15) is 15.5 Å². The van der Waals surface area contributed by atoms with E-state index < -0.39 is 45.4 Å². The number of nitrogens with one attached hydrogen (secondary N) is 2. The van der Waals surface area contributed by atoms with Gasteiger partial charge in [0, 0.05) is 74.6 Å². The molecule has 27 heteroatoms. The molecule has 4 unspecified atom stereocenters. The van der Waals surface area contributed by atoms with Gasteiger partial charge in [-0.3, -0.25) is 49.6 Å². The third-order valence-electron chi connectivity index (χ3n) is 21.0. The number of imide groups is 2. The van der Waals surface area contributed by atoms with E-state index >= 15 is 0 Å². The van der Waals surface area contributed by atoms with Crippen molar-refractivity contribution in [1.82, 2.24) is 10.2 Å². The van der Waals surface area contributed by atoms with E-state index in [1.807, 2.05) is 140 Å². The van der Waals surface area contributed by atoms with Crippen LogP contribution >= 0.6 is 11.1 Å². The van der Waals surface area contributed by atoms with Crippen LogP contribution in [-0.4, -0.2) is 154 Å². The molecule has 0 saturated carbocycles. The number of amides is 4. The molecule has 9 aromatic carbocycles. The second-order valence-electron chi connectivity index (χ2n) is 32.5. The normalized spacial score (nSPS) is 13.2. The van der Waals surface area contributed by atoms with Crippen LogP contribution in [0.1, 0.15) is 163 Å². The molecule has 0 fully saturated rings. The summed E-state index contributed by atoms with van der Waals surface area (Å²) in [5.74, 6) is -1.94. The summed E-state index contributed by atoms with van der Waals surface area (Å²) in [6, 6.07) is 74.3. The number of hydrogen-bond acceptors (Lipinski definition) is 17. The third-order valence-corrected chi connectivity index (χ3v) is 35.3. The van der Waals surface area contributed by atoms with Gasteiger partial charge in [0.2, 0.25) is 5.82 Å². The van der Waals surface area contributed by atoms with Gasteiger partial charge >= 0.3 is 35.2 Å². The summed E-state index contributed by atoms with van der Waals surface area (Å²) >= 11 is 6.15. The van der Waals surface area contributed by atoms with Crippen molar-refractivity contribution >= 4 is 75.8 Å². The Labute approximate surface area is 727 Å². The molecule has 4 atom stereocenters. The first-order valence-corrected chi connectivity index (χ1v) is 48.7. The van der Waals surface area contributed by atoms with E-state index in [1.54, 1.807) is 66.7 Å². The van der Waals surface area contributed by atoms with Crippen LogP contribution in [0.25, 0.3) is 0 Å². The number of benzene rings is 9. The number of para-hydroxylation sites is 3. The van der Waals surface area contributed by atoms with E-state index in [1.165, 1.54) is 23.1 Å². The fourth-order valence-electron chi connectivity index (χ4n) is 10.4. The summed E-state index contributed by atoms with van der Waals surface area (Å²) in [7, 11) is -5.06. The first-order chi connectivity index (χ1) is 55.1. The Morgan fingerprint density at radius 3 is 1.05 bits per heavy atom. The minimum Gasteiger partial charge on any atom is -1.00 e. The second kappa shape index (κ2) is 50.5. The van der Waals surface area contributed by atoms with Crippen LogP contribution in [0.15, 0.2) is 249 Å². The number of carbonyl (C=O) groups is 4. The fourth-order valence-corrected chi connectivity index (χ4v) is 12.5. The molecule has 0 spiro atoms. The zero-order valence-electron chi connectivity index (χ0n) is 72.1. The number of rotatable bonds is 24. The largest absolute Gasteiger partial charge is 1.00 e. The number of fused-ring (bicyclic) bond motifs is 2. The topological polar surface area (TPSA) is 327 Å². The summed E-state index contributed by atoms with van der Waals surface area (Å²) in [5, 5.41) is 72.3. The number of carbonyl (C=O) groups excluding carboxylic acids is 4. The fraction of sp³-hybridized carbons (Fsp3) is 0.363. The van der Waals surface area contributed by atoms with Crippen molar-refractivity contribution < 1.29 is 98.8 Å². The molecule has 0 saturated heterocycles. The number of nitro groups is 2. The van der Waals surface area contributed by atoms with Gasteiger partial charge in [0.05, 0.1) is 65.1 Å². The molecule has 21 nitrogen and oxygen atoms in total. The summed E-state index contributed by atoms with van der Waals surface area (Å²) < 4.78 is 25.0. The number of nitro benzene ring substituents is 2. The average Bonchev–Trinajstić information content (AvgIpc) is 1.67. The molecule has 632 valence electrons. The van der Waals surface area contributed by atoms with Gasteiger partial charge in [-0.05, 0) is 106 Å². The molecule has 11 rings (SSSR count). The Balaban J connectivity index is 0.000000476. The van der Waals surface area contributed by atoms with Crippen LogP contribution in [0.4, 0.5) is 21.5 Å². The number of hydrogen-bond donors (Lipinski definition) is 8. The number of nitrogens with zero attached hydrogens (tertiary/aromatic N) is 3. The van der Waals surface area contributed by atoms with E-state index in [0.717, 1.165) is 39.9 Å². The standard InChI is InChI=1S/C23H29NO3Si.C15H16N2O3.C15H26O2Si.C9H13NO.C9H12O2.C8H5NO2.C6H15ClSi.C6H4FNO2.Na.H/c1-23(2,3)28(4,5)27-16-18(17-11-7-6-8-12-17)15-24-21(25)19-13-9-10-14-20(19)22(24)26;18-11-13(12-6-2-1-3-7-12)10-16-14-8-4-5-9-15(14)17(19)20;1-15(2,3)18(4,5)17-12-14(11-16)13-9-7-6-8-10-13;2*10-6-9(7-11)8-4-2-1-3-5-8;10-7-5-3-1-2-4-6(5)8(11)9-7;1-6(2,3)8(4,5)7;7-5-3-1-2-4-6(5)8(9)10;;/h6-14,18H,15-16H2,1-5H3;1-9,13,16,18H,10-11H2;6-10,14,16H,11-12H2,1-5H3;1-5,9,11H,6-7,10H2;1-5,9-11H,6-7H2;1-4H,(H,9,10,11);1-5H3;1-4H;;/q;;;;;;;;+1;-1. The predicted octanol–water partition coefficient (Wildman–Crippen LogP) is 15.8. The third kappa shape index (κ3) is 33.2. The molecule has 2 aliphatic rings. The van der Waals surface area contributed by atoms with Crippen molar-refractivity contribution in [3.8, 4) is 0 Å². The Morgan fingerprint density at radius 2 is 0.729 bits per heavy atom. The molecule has 0 bridgehead atoms. The molecular weight excluding hydrogens is 1580 g/mol. The van der Waals surface area contributed by atoms with Crippen LogP contribution in [0, 0.1) is 26.0 Å². The molecule has 4 amide bonds. The molecule has 9 N–H and O–H groups in total. The maximum absolute atomic E-state index is 12.8. The quantitative estimate of drug-likeness (QED) is 0.00916. The Bertz CT molecular complexity index is 4380. The van der Waals surface area contributed by atoms with E-state index in [4.69, 9.17) is 41.0 Å². The van der Waals surface area contributed by atoms with Gasteiger partial charge < -0.3 is 46.9 Å². The zero-order valence-corrected chi connectivity index (χ0v) is 76.9.